The second-order valence-electron chi connectivity index (χ2n) is 16.6. The number of fused-ring (bicyclic) bond motifs is 10. The third-order valence-electron chi connectivity index (χ3n) is 13.4. The Hall–Kier alpha value is -8.27. The summed E-state index contributed by atoms with van der Waals surface area (Å²) in [5.74, 6) is 0. The number of hydrogen-bond acceptors (Lipinski definition) is 3. The lowest BCUT2D eigenvalue weighted by Gasteiger charge is -2.34. The zero-order valence-electron chi connectivity index (χ0n) is 34.2. The van der Waals surface area contributed by atoms with E-state index in [-0.39, 0.29) is 0 Å². The monoisotopic (exact) mass is 799 g/mol. The lowest BCUT2D eigenvalue weighted by atomic mass is 9.67. The van der Waals surface area contributed by atoms with Crippen molar-refractivity contribution in [3.63, 3.8) is 0 Å². The number of aromatic nitrogens is 3. The molecule has 0 unspecified atom stereocenters. The Morgan fingerprint density at radius 2 is 0.984 bits per heavy atom. The van der Waals surface area contributed by atoms with Gasteiger partial charge < -0.3 is 0 Å². The molecule has 0 fully saturated rings. The van der Waals surface area contributed by atoms with Crippen LogP contribution >= 0.6 is 0 Å². The predicted octanol–water partition coefficient (Wildman–Crippen LogP) is 15.0. The van der Waals surface area contributed by atoms with Gasteiger partial charge in [-0.2, -0.15) is 0 Å². The molecular weight excluding hydrogens is 763 g/mol. The molecule has 9 aromatic carbocycles. The van der Waals surface area contributed by atoms with Crippen LogP contribution in [0.4, 0.5) is 0 Å². The minimum absolute atomic E-state index is 0.493. The van der Waals surface area contributed by atoms with Crippen LogP contribution in [-0.4, -0.2) is 15.0 Å². The fourth-order valence-corrected chi connectivity index (χ4v) is 10.7. The number of rotatable bonds is 5. The van der Waals surface area contributed by atoms with Crippen molar-refractivity contribution in [1.29, 1.82) is 0 Å². The van der Waals surface area contributed by atoms with Gasteiger partial charge in [0.05, 0.1) is 27.7 Å². The molecule has 12 aromatic rings. The molecule has 3 aromatic heterocycles. The minimum Gasteiger partial charge on any atom is -0.254 e. The van der Waals surface area contributed by atoms with Crippen molar-refractivity contribution in [2.24, 2.45) is 0 Å². The molecule has 0 saturated heterocycles. The van der Waals surface area contributed by atoms with E-state index in [1.807, 2.05) is 18.5 Å². The highest BCUT2D eigenvalue weighted by atomic mass is 14.7. The first kappa shape index (κ1) is 35.5. The summed E-state index contributed by atoms with van der Waals surface area (Å²) in [7, 11) is 0. The third kappa shape index (κ3) is 5.23. The van der Waals surface area contributed by atoms with E-state index in [2.05, 4.69) is 206 Å². The van der Waals surface area contributed by atoms with Crippen LogP contribution in [0.15, 0.2) is 225 Å². The molecule has 0 N–H and O–H groups in total. The molecule has 292 valence electrons. The van der Waals surface area contributed by atoms with Gasteiger partial charge in [-0.1, -0.05) is 176 Å². The first-order valence-electron chi connectivity index (χ1n) is 21.6. The van der Waals surface area contributed by atoms with Crippen LogP contribution in [0.1, 0.15) is 22.3 Å². The smallest absolute Gasteiger partial charge is 0.0970 e. The molecule has 1 aliphatic carbocycles. The summed E-state index contributed by atoms with van der Waals surface area (Å²) >= 11 is 0. The number of pyridine rings is 3. The highest BCUT2D eigenvalue weighted by Gasteiger charge is 2.46. The van der Waals surface area contributed by atoms with Gasteiger partial charge in [-0.3, -0.25) is 9.97 Å². The third-order valence-corrected chi connectivity index (χ3v) is 13.4. The van der Waals surface area contributed by atoms with Crippen LogP contribution in [-0.2, 0) is 5.41 Å². The van der Waals surface area contributed by atoms with Crippen LogP contribution in [0.3, 0.4) is 0 Å². The highest BCUT2D eigenvalue weighted by molar-refractivity contribution is 6.15. The Morgan fingerprint density at radius 3 is 1.81 bits per heavy atom. The molecule has 3 heteroatoms. The summed E-state index contributed by atoms with van der Waals surface area (Å²) in [6.45, 7) is 0. The second-order valence-corrected chi connectivity index (χ2v) is 16.6. The average molecular weight is 800 g/mol. The topological polar surface area (TPSA) is 38.7 Å². The van der Waals surface area contributed by atoms with Crippen molar-refractivity contribution in [2.75, 3.05) is 0 Å². The molecule has 63 heavy (non-hydrogen) atoms. The maximum atomic E-state index is 5.50. The molecule has 3 nitrogen and oxygen atoms in total. The van der Waals surface area contributed by atoms with Gasteiger partial charge in [-0.25, -0.2) is 4.98 Å². The van der Waals surface area contributed by atoms with Gasteiger partial charge in [-0.05, 0) is 108 Å². The van der Waals surface area contributed by atoms with Crippen molar-refractivity contribution in [1.82, 2.24) is 15.0 Å². The Bertz CT molecular complexity index is 3760. The summed E-state index contributed by atoms with van der Waals surface area (Å²) in [6, 6.07) is 77.4. The van der Waals surface area contributed by atoms with E-state index in [9.17, 15) is 0 Å². The zero-order valence-corrected chi connectivity index (χ0v) is 34.2. The van der Waals surface area contributed by atoms with Gasteiger partial charge in [0.15, 0.2) is 0 Å². The molecule has 0 spiro atoms. The van der Waals surface area contributed by atoms with E-state index in [1.165, 1.54) is 60.7 Å². The maximum absolute atomic E-state index is 5.50. The van der Waals surface area contributed by atoms with E-state index >= 15 is 0 Å². The Kier molecular flexibility index (Phi) is 7.82. The quantitative estimate of drug-likeness (QED) is 0.163. The van der Waals surface area contributed by atoms with E-state index < -0.39 is 5.41 Å². The maximum Gasteiger partial charge on any atom is 0.0970 e. The Morgan fingerprint density at radius 1 is 0.317 bits per heavy atom. The van der Waals surface area contributed by atoms with Gasteiger partial charge in [0.2, 0.25) is 0 Å². The SMILES string of the molecule is c1ccc(C2(c3ccccc3)c3ccccc3-c3cc4c(-c5cccc(-c6ccc(-c7ccnc8c7ccc7cccnc78)c7ccccc67)c5)nc5ccccc5c4cc32)cc1. The van der Waals surface area contributed by atoms with Crippen LogP contribution in [0.25, 0.3) is 98.9 Å². The van der Waals surface area contributed by atoms with Crippen molar-refractivity contribution in [2.45, 2.75) is 5.41 Å². The largest absolute Gasteiger partial charge is 0.254 e. The fourth-order valence-electron chi connectivity index (χ4n) is 10.7. The number of nitrogens with zero attached hydrogens (tertiary/aromatic N) is 3. The van der Waals surface area contributed by atoms with Crippen molar-refractivity contribution in [3.8, 4) is 44.6 Å². The van der Waals surface area contributed by atoms with E-state index in [0.717, 1.165) is 60.5 Å². The van der Waals surface area contributed by atoms with Gasteiger partial charge in [0.25, 0.3) is 0 Å². The molecule has 0 atom stereocenters. The zero-order chi connectivity index (χ0) is 41.5. The van der Waals surface area contributed by atoms with Crippen LogP contribution in [0.2, 0.25) is 0 Å². The summed E-state index contributed by atoms with van der Waals surface area (Å²) in [6.07, 6.45) is 3.76. The first-order valence-corrected chi connectivity index (χ1v) is 21.6. The van der Waals surface area contributed by atoms with Crippen molar-refractivity contribution in [3.05, 3.63) is 247 Å². The van der Waals surface area contributed by atoms with Crippen LogP contribution in [0.5, 0.6) is 0 Å². The summed E-state index contributed by atoms with van der Waals surface area (Å²) in [5, 5.41) is 8.06. The molecule has 0 radical (unpaired) electrons. The molecule has 0 aliphatic heterocycles. The normalized spacial score (nSPS) is 12.9. The van der Waals surface area contributed by atoms with Crippen LogP contribution in [0, 0.1) is 0 Å². The first-order chi connectivity index (χ1) is 31.3. The van der Waals surface area contributed by atoms with Gasteiger partial charge in [0, 0.05) is 39.5 Å². The summed E-state index contributed by atoms with van der Waals surface area (Å²) in [5.41, 5.74) is 16.6. The fraction of sp³-hybridized carbons (Fsp3) is 0.0167. The minimum atomic E-state index is -0.493. The Labute approximate surface area is 364 Å². The molecule has 1 aliphatic rings. The van der Waals surface area contributed by atoms with Crippen molar-refractivity contribution >= 4 is 54.3 Å². The lowest BCUT2D eigenvalue weighted by molar-refractivity contribution is 0.769. The molecule has 0 bridgehead atoms. The lowest BCUT2D eigenvalue weighted by Crippen LogP contribution is -2.28. The number of benzene rings is 9. The molecular formula is C60H37N3. The van der Waals surface area contributed by atoms with E-state index in [4.69, 9.17) is 15.0 Å². The van der Waals surface area contributed by atoms with Crippen molar-refractivity contribution < 1.29 is 0 Å². The molecule has 0 saturated carbocycles. The van der Waals surface area contributed by atoms with Gasteiger partial charge in [-0.15, -0.1) is 0 Å². The van der Waals surface area contributed by atoms with Gasteiger partial charge >= 0.3 is 0 Å². The number of hydrogen-bond donors (Lipinski definition) is 0. The second kappa shape index (κ2) is 13.9. The Balaban J connectivity index is 1.02. The molecule has 13 rings (SSSR count). The van der Waals surface area contributed by atoms with Crippen LogP contribution < -0.4 is 0 Å². The molecule has 3 heterocycles. The number of para-hydroxylation sites is 1. The van der Waals surface area contributed by atoms with E-state index in [0.29, 0.717) is 0 Å². The van der Waals surface area contributed by atoms with E-state index in [1.54, 1.807) is 0 Å². The van der Waals surface area contributed by atoms with Gasteiger partial charge in [0.1, 0.15) is 0 Å². The standard InChI is InChI=1S/C60H37N3/c1-3-18-41(19-4-1)60(42-20-5-2-6-21-42)54-26-11-9-24-48(54)52-36-53-51(37-55(52)60)49-25-10-12-27-56(49)63-57(53)40-16-13-15-39(35-40)43-30-31-46(45-23-8-7-22-44(43)45)47-32-34-62-59-50(47)29-28-38-17-14-33-61-58(38)59/h1-37H. The summed E-state index contributed by atoms with van der Waals surface area (Å²) < 4.78 is 0. The summed E-state index contributed by atoms with van der Waals surface area (Å²) in [4.78, 5) is 15.0. The molecule has 0 amide bonds. The predicted molar refractivity (Wildman–Crippen MR) is 261 cm³/mol. The highest BCUT2D eigenvalue weighted by Crippen LogP contribution is 2.57. The average Bonchev–Trinajstić information content (AvgIpc) is 3.65.